The van der Waals surface area contributed by atoms with Crippen molar-refractivity contribution in [3.63, 3.8) is 0 Å². The fourth-order valence-corrected chi connectivity index (χ4v) is 3.08. The van der Waals surface area contributed by atoms with Crippen LogP contribution in [0.1, 0.15) is 19.8 Å². The van der Waals surface area contributed by atoms with E-state index in [1.165, 1.54) is 6.20 Å². The molecule has 1 saturated carbocycles. The van der Waals surface area contributed by atoms with Crippen LogP contribution in [0.3, 0.4) is 0 Å². The molecule has 1 unspecified atom stereocenters. The Morgan fingerprint density at radius 1 is 1.62 bits per heavy atom. The summed E-state index contributed by atoms with van der Waals surface area (Å²) in [5.41, 5.74) is 0. The summed E-state index contributed by atoms with van der Waals surface area (Å²) in [6.07, 6.45) is 4.69. The van der Waals surface area contributed by atoms with Crippen molar-refractivity contribution in [3.8, 4) is 0 Å². The van der Waals surface area contributed by atoms with Crippen molar-refractivity contribution < 1.29 is 18.3 Å². The number of carboxylic acids is 1. The number of nitrogens with zero attached hydrogens (tertiary/aromatic N) is 3. The van der Waals surface area contributed by atoms with Crippen LogP contribution < -0.4 is 4.72 Å². The van der Waals surface area contributed by atoms with Crippen molar-refractivity contribution in [1.29, 1.82) is 0 Å². The average Bonchev–Trinajstić information content (AvgIpc) is 3.14. The molecular formula is C12H20N4O4S. The molecule has 1 aliphatic rings. The molecule has 1 aromatic heterocycles. The van der Waals surface area contributed by atoms with Crippen molar-refractivity contribution in [2.24, 2.45) is 0 Å². The molecule has 8 nitrogen and oxygen atoms in total. The number of sulfonamides is 1. The van der Waals surface area contributed by atoms with Gasteiger partial charge in [0.15, 0.2) is 0 Å². The van der Waals surface area contributed by atoms with E-state index in [1.807, 2.05) is 14.0 Å². The molecule has 21 heavy (non-hydrogen) atoms. The van der Waals surface area contributed by atoms with Crippen molar-refractivity contribution in [2.45, 2.75) is 43.3 Å². The second kappa shape index (κ2) is 6.12. The van der Waals surface area contributed by atoms with E-state index in [4.69, 9.17) is 5.11 Å². The zero-order valence-corrected chi connectivity index (χ0v) is 12.9. The van der Waals surface area contributed by atoms with E-state index in [0.29, 0.717) is 12.6 Å². The summed E-state index contributed by atoms with van der Waals surface area (Å²) in [6, 6.07) is 0.657. The highest BCUT2D eigenvalue weighted by Gasteiger charge is 2.29. The molecule has 2 rings (SSSR count). The average molecular weight is 316 g/mol. The quantitative estimate of drug-likeness (QED) is 0.684. The van der Waals surface area contributed by atoms with E-state index in [-0.39, 0.29) is 17.5 Å². The first-order chi connectivity index (χ1) is 9.79. The van der Waals surface area contributed by atoms with Gasteiger partial charge < -0.3 is 5.11 Å². The first kappa shape index (κ1) is 15.9. The Labute approximate surface area is 123 Å². The lowest BCUT2D eigenvalue weighted by molar-refractivity contribution is -0.137. The van der Waals surface area contributed by atoms with E-state index in [9.17, 15) is 13.2 Å². The Kier molecular flexibility index (Phi) is 4.64. The molecule has 1 aliphatic carbocycles. The van der Waals surface area contributed by atoms with E-state index in [1.54, 1.807) is 0 Å². The second-order valence-corrected chi connectivity index (χ2v) is 7.13. The molecule has 0 bridgehead atoms. The predicted molar refractivity (Wildman–Crippen MR) is 75.3 cm³/mol. The summed E-state index contributed by atoms with van der Waals surface area (Å²) in [7, 11) is -1.67. The van der Waals surface area contributed by atoms with Crippen LogP contribution in [-0.4, -0.2) is 59.9 Å². The fourth-order valence-electron chi connectivity index (χ4n) is 2.01. The normalized spacial score (nSPS) is 17.1. The molecule has 1 aromatic rings. The molecule has 0 saturated heterocycles. The molecule has 1 fully saturated rings. The minimum Gasteiger partial charge on any atom is -0.480 e. The molecule has 0 aromatic carbocycles. The van der Waals surface area contributed by atoms with Gasteiger partial charge in [0.25, 0.3) is 0 Å². The number of hydrogen-bond acceptors (Lipinski definition) is 5. The van der Waals surface area contributed by atoms with Crippen LogP contribution in [0.25, 0.3) is 0 Å². The van der Waals surface area contributed by atoms with Gasteiger partial charge in [-0.15, -0.1) is 0 Å². The molecule has 1 atom stereocenters. The molecule has 9 heteroatoms. The lowest BCUT2D eigenvalue weighted by Gasteiger charge is -2.24. The molecular weight excluding hydrogens is 296 g/mol. The van der Waals surface area contributed by atoms with Crippen LogP contribution in [0.15, 0.2) is 17.3 Å². The zero-order valence-electron chi connectivity index (χ0n) is 12.1. The fraction of sp³-hybridized carbons (Fsp3) is 0.667. The van der Waals surface area contributed by atoms with Gasteiger partial charge >= 0.3 is 5.97 Å². The monoisotopic (exact) mass is 316 g/mol. The summed E-state index contributed by atoms with van der Waals surface area (Å²) in [6.45, 7) is 1.91. The summed E-state index contributed by atoms with van der Waals surface area (Å²) >= 11 is 0. The first-order valence-electron chi connectivity index (χ1n) is 6.75. The zero-order chi connectivity index (χ0) is 15.6. The van der Waals surface area contributed by atoms with Crippen molar-refractivity contribution in [3.05, 3.63) is 12.4 Å². The Bertz CT molecular complexity index is 609. The van der Waals surface area contributed by atoms with E-state index >= 15 is 0 Å². The van der Waals surface area contributed by atoms with Crippen LogP contribution in [0, 0.1) is 0 Å². The van der Waals surface area contributed by atoms with E-state index in [2.05, 4.69) is 14.7 Å². The third kappa shape index (κ3) is 4.26. The minimum absolute atomic E-state index is 0.0231. The van der Waals surface area contributed by atoms with Gasteiger partial charge in [-0.05, 0) is 26.8 Å². The standard InChI is InChI=1S/C12H20N4O4S/c1-9(15(2)10-3-4-10)5-14-21(19,20)11-6-13-16(7-11)8-12(17)18/h6-7,9-10,14H,3-5,8H2,1-2H3,(H,17,18). The lowest BCUT2D eigenvalue weighted by atomic mass is 10.3. The summed E-state index contributed by atoms with van der Waals surface area (Å²) < 4.78 is 27.8. The molecule has 1 heterocycles. The third-order valence-corrected chi connectivity index (χ3v) is 4.98. The summed E-state index contributed by atoms with van der Waals surface area (Å²) in [4.78, 5) is 12.7. The summed E-state index contributed by atoms with van der Waals surface area (Å²) in [5.74, 6) is -1.07. The van der Waals surface area contributed by atoms with Crippen LogP contribution in [0.4, 0.5) is 0 Å². The SMILES string of the molecule is CC(CNS(=O)(=O)c1cnn(CC(=O)O)c1)N(C)C1CC1. The molecule has 118 valence electrons. The molecule has 0 aliphatic heterocycles. The second-order valence-electron chi connectivity index (χ2n) is 5.36. The van der Waals surface area contributed by atoms with Gasteiger partial charge in [0.2, 0.25) is 10.0 Å². The Hall–Kier alpha value is -1.45. The lowest BCUT2D eigenvalue weighted by Crippen LogP contribution is -2.41. The number of hydrogen-bond donors (Lipinski definition) is 2. The van der Waals surface area contributed by atoms with Crippen molar-refractivity contribution >= 4 is 16.0 Å². The highest BCUT2D eigenvalue weighted by molar-refractivity contribution is 7.89. The first-order valence-corrected chi connectivity index (χ1v) is 8.24. The number of aromatic nitrogens is 2. The number of rotatable bonds is 8. The largest absolute Gasteiger partial charge is 0.480 e. The number of aliphatic carboxylic acids is 1. The van der Waals surface area contributed by atoms with E-state index in [0.717, 1.165) is 23.7 Å². The van der Waals surface area contributed by atoms with Crippen LogP contribution in [0.5, 0.6) is 0 Å². The van der Waals surface area contributed by atoms with Gasteiger partial charge in [0.05, 0.1) is 6.20 Å². The van der Waals surface area contributed by atoms with Gasteiger partial charge in [-0.25, -0.2) is 13.1 Å². The maximum absolute atomic E-state index is 12.1. The summed E-state index contributed by atoms with van der Waals surface area (Å²) in [5, 5.41) is 12.4. The van der Waals surface area contributed by atoms with Crippen LogP contribution >= 0.6 is 0 Å². The van der Waals surface area contributed by atoms with Gasteiger partial charge in [-0.2, -0.15) is 5.10 Å². The third-order valence-electron chi connectivity index (χ3n) is 3.60. The Morgan fingerprint density at radius 3 is 2.86 bits per heavy atom. The number of carboxylic acid groups (broad SMARTS) is 1. The highest BCUT2D eigenvalue weighted by atomic mass is 32.2. The van der Waals surface area contributed by atoms with Crippen LogP contribution in [-0.2, 0) is 21.4 Å². The molecule has 0 radical (unpaired) electrons. The molecule has 2 N–H and O–H groups in total. The van der Waals surface area contributed by atoms with Crippen LogP contribution in [0.2, 0.25) is 0 Å². The van der Waals surface area contributed by atoms with Crippen molar-refractivity contribution in [2.75, 3.05) is 13.6 Å². The smallest absolute Gasteiger partial charge is 0.325 e. The predicted octanol–water partition coefficient (Wildman–Crippen LogP) is -0.271. The molecule has 0 spiro atoms. The highest BCUT2D eigenvalue weighted by Crippen LogP contribution is 2.26. The van der Waals surface area contributed by atoms with Gasteiger partial charge in [-0.1, -0.05) is 0 Å². The van der Waals surface area contributed by atoms with Gasteiger partial charge in [0.1, 0.15) is 11.4 Å². The van der Waals surface area contributed by atoms with Gasteiger partial charge in [-0.3, -0.25) is 14.4 Å². The topological polar surface area (TPSA) is 105 Å². The molecule has 0 amide bonds. The number of likely N-dealkylation sites (N-methyl/N-ethyl adjacent to an activating group) is 1. The Morgan fingerprint density at radius 2 is 2.29 bits per heavy atom. The van der Waals surface area contributed by atoms with E-state index < -0.39 is 16.0 Å². The minimum atomic E-state index is -3.66. The number of carbonyl (C=O) groups is 1. The maximum Gasteiger partial charge on any atom is 0.325 e. The van der Waals surface area contributed by atoms with Gasteiger partial charge in [0, 0.05) is 24.8 Å². The Balaban J connectivity index is 1.94. The number of nitrogens with one attached hydrogen (secondary N) is 1. The maximum atomic E-state index is 12.1. The van der Waals surface area contributed by atoms with Crippen molar-refractivity contribution in [1.82, 2.24) is 19.4 Å².